The second kappa shape index (κ2) is 5.54. The van der Waals surface area contributed by atoms with E-state index in [-0.39, 0.29) is 5.56 Å². The molecule has 7 heteroatoms. The van der Waals surface area contributed by atoms with Crippen LogP contribution in [0.5, 0.6) is 0 Å². The number of benzene rings is 2. The topological polar surface area (TPSA) is 27.6 Å². The summed E-state index contributed by atoms with van der Waals surface area (Å²) in [6.07, 6.45) is -3.06. The molecule has 0 spiro atoms. The lowest BCUT2D eigenvalue weighted by Crippen LogP contribution is -2.45. The number of halogens is 4. The number of hydrogen-bond donors (Lipinski definition) is 1. The number of hydrazine groups is 1. The minimum Gasteiger partial charge on any atom is -0.299 e. The zero-order chi connectivity index (χ0) is 16.7. The molecule has 1 atom stereocenters. The first-order valence-electron chi connectivity index (χ1n) is 6.82. The van der Waals surface area contributed by atoms with Gasteiger partial charge in [0.2, 0.25) is 0 Å². The molecule has 3 nitrogen and oxygen atoms in total. The van der Waals surface area contributed by atoms with E-state index in [4.69, 9.17) is 11.6 Å². The number of nitrogens with one attached hydrogen (secondary N) is 1. The highest BCUT2D eigenvalue weighted by Crippen LogP contribution is 2.43. The van der Waals surface area contributed by atoms with Gasteiger partial charge in [0.15, 0.2) is 5.66 Å². The summed E-state index contributed by atoms with van der Waals surface area (Å²) >= 11 is 6.24. The Morgan fingerprint density at radius 3 is 2.22 bits per heavy atom. The number of hydrogen-bond acceptors (Lipinski definition) is 3. The molecule has 23 heavy (non-hydrogen) atoms. The van der Waals surface area contributed by atoms with E-state index in [1.54, 1.807) is 37.4 Å². The second-order valence-corrected chi connectivity index (χ2v) is 5.61. The third-order valence-electron chi connectivity index (χ3n) is 3.65. The maximum Gasteiger partial charge on any atom is 0.416 e. The SMILES string of the molecule is CN1C=NC(c2ccccc2Cl)(c2ccccc2C(F)(F)F)N1. The maximum absolute atomic E-state index is 13.5. The van der Waals surface area contributed by atoms with Crippen LogP contribution in [-0.2, 0) is 11.8 Å². The van der Waals surface area contributed by atoms with Crippen LogP contribution in [0, 0.1) is 0 Å². The van der Waals surface area contributed by atoms with Gasteiger partial charge >= 0.3 is 6.18 Å². The van der Waals surface area contributed by atoms with Crippen LogP contribution in [0.15, 0.2) is 53.5 Å². The first-order chi connectivity index (χ1) is 10.8. The molecular formula is C16H13ClF3N3. The van der Waals surface area contributed by atoms with Gasteiger partial charge in [-0.3, -0.25) is 5.01 Å². The lowest BCUT2D eigenvalue weighted by Gasteiger charge is -2.32. The van der Waals surface area contributed by atoms with Gasteiger partial charge in [0.25, 0.3) is 0 Å². The van der Waals surface area contributed by atoms with Crippen molar-refractivity contribution in [2.24, 2.45) is 4.99 Å². The van der Waals surface area contributed by atoms with Crippen molar-refractivity contribution in [3.05, 3.63) is 70.2 Å². The third-order valence-corrected chi connectivity index (χ3v) is 3.98. The quantitative estimate of drug-likeness (QED) is 0.894. The van der Waals surface area contributed by atoms with Crippen molar-refractivity contribution >= 4 is 17.9 Å². The molecule has 0 bridgehead atoms. The molecule has 1 unspecified atom stereocenters. The fourth-order valence-corrected chi connectivity index (χ4v) is 2.96. The summed E-state index contributed by atoms with van der Waals surface area (Å²) < 4.78 is 40.4. The van der Waals surface area contributed by atoms with Crippen LogP contribution >= 0.6 is 11.6 Å². The zero-order valence-corrected chi connectivity index (χ0v) is 12.9. The van der Waals surface area contributed by atoms with Crippen molar-refractivity contribution in [3.63, 3.8) is 0 Å². The molecule has 3 rings (SSSR count). The van der Waals surface area contributed by atoms with Gasteiger partial charge in [-0.25, -0.2) is 4.99 Å². The van der Waals surface area contributed by atoms with Gasteiger partial charge in [-0.1, -0.05) is 48.0 Å². The maximum atomic E-state index is 13.5. The Kier molecular flexibility index (Phi) is 3.82. The van der Waals surface area contributed by atoms with E-state index in [1.165, 1.54) is 23.5 Å². The van der Waals surface area contributed by atoms with Crippen LogP contribution in [-0.4, -0.2) is 18.4 Å². The van der Waals surface area contributed by atoms with Gasteiger partial charge in [-0.15, -0.1) is 0 Å². The standard InChI is InChI=1S/C16H13ClF3N3/c1-23-10-21-15(22-23,13-8-4-5-9-14(13)17)11-6-2-3-7-12(11)16(18,19)20/h2-10,22H,1H3. The molecule has 1 heterocycles. The highest BCUT2D eigenvalue weighted by Gasteiger charge is 2.45. The normalized spacial score (nSPS) is 21.0. The molecule has 0 fully saturated rings. The molecular weight excluding hydrogens is 327 g/mol. The van der Waals surface area contributed by atoms with E-state index in [0.29, 0.717) is 10.6 Å². The average Bonchev–Trinajstić information content (AvgIpc) is 2.90. The molecule has 0 aromatic heterocycles. The number of rotatable bonds is 2. The van der Waals surface area contributed by atoms with E-state index in [1.807, 2.05) is 0 Å². The fourth-order valence-electron chi connectivity index (χ4n) is 2.69. The molecule has 1 N–H and O–H groups in total. The van der Waals surface area contributed by atoms with Crippen molar-refractivity contribution in [3.8, 4) is 0 Å². The summed E-state index contributed by atoms with van der Waals surface area (Å²) in [6.45, 7) is 0. The summed E-state index contributed by atoms with van der Waals surface area (Å²) in [5.74, 6) is 0. The molecule has 0 saturated carbocycles. The lowest BCUT2D eigenvalue weighted by molar-refractivity contribution is -0.138. The zero-order valence-electron chi connectivity index (χ0n) is 12.1. The van der Waals surface area contributed by atoms with Crippen molar-refractivity contribution in [2.75, 3.05) is 7.05 Å². The van der Waals surface area contributed by atoms with Gasteiger partial charge in [0.05, 0.1) is 5.56 Å². The van der Waals surface area contributed by atoms with Crippen molar-refractivity contribution in [1.82, 2.24) is 10.4 Å². The van der Waals surface area contributed by atoms with Crippen LogP contribution in [0.1, 0.15) is 16.7 Å². The van der Waals surface area contributed by atoms with Crippen molar-refractivity contribution in [1.29, 1.82) is 0 Å². The molecule has 2 aromatic carbocycles. The Bertz CT molecular complexity index is 760. The van der Waals surface area contributed by atoms with Gasteiger partial charge in [0, 0.05) is 23.2 Å². The monoisotopic (exact) mass is 339 g/mol. The van der Waals surface area contributed by atoms with Gasteiger partial charge in [0.1, 0.15) is 6.34 Å². The Labute approximate surface area is 136 Å². The summed E-state index contributed by atoms with van der Waals surface area (Å²) in [5, 5.41) is 1.85. The summed E-state index contributed by atoms with van der Waals surface area (Å²) in [4.78, 5) is 4.33. The smallest absolute Gasteiger partial charge is 0.299 e. The minimum absolute atomic E-state index is 0.00111. The van der Waals surface area contributed by atoms with Crippen LogP contribution < -0.4 is 5.43 Å². The molecule has 120 valence electrons. The molecule has 0 saturated heterocycles. The first kappa shape index (κ1) is 15.8. The van der Waals surface area contributed by atoms with Crippen molar-refractivity contribution < 1.29 is 13.2 Å². The largest absolute Gasteiger partial charge is 0.416 e. The Morgan fingerprint density at radius 2 is 1.65 bits per heavy atom. The summed E-state index contributed by atoms with van der Waals surface area (Å²) in [5.41, 5.74) is 1.27. The predicted octanol–water partition coefficient (Wildman–Crippen LogP) is 4.04. The number of alkyl halides is 3. The first-order valence-corrected chi connectivity index (χ1v) is 7.20. The highest BCUT2D eigenvalue weighted by atomic mass is 35.5. The van der Waals surface area contributed by atoms with Crippen molar-refractivity contribution in [2.45, 2.75) is 11.8 Å². The lowest BCUT2D eigenvalue weighted by atomic mass is 9.88. The Hall–Kier alpha value is -2.05. The van der Waals surface area contributed by atoms with Crippen LogP contribution in [0.4, 0.5) is 13.2 Å². The fraction of sp³-hybridized carbons (Fsp3) is 0.188. The van der Waals surface area contributed by atoms with Gasteiger partial charge < -0.3 is 0 Å². The number of aliphatic imine (C=N–C) groups is 1. The summed E-state index contributed by atoms with van der Waals surface area (Å²) in [7, 11) is 1.66. The van der Waals surface area contributed by atoms with Crippen LogP contribution in [0.2, 0.25) is 5.02 Å². The van der Waals surface area contributed by atoms with E-state index < -0.39 is 17.4 Å². The van der Waals surface area contributed by atoms with E-state index in [9.17, 15) is 13.2 Å². The van der Waals surface area contributed by atoms with Crippen LogP contribution in [0.25, 0.3) is 0 Å². The minimum atomic E-state index is -4.50. The van der Waals surface area contributed by atoms with E-state index in [2.05, 4.69) is 10.4 Å². The molecule has 1 aliphatic rings. The predicted molar refractivity (Wildman–Crippen MR) is 83.1 cm³/mol. The second-order valence-electron chi connectivity index (χ2n) is 5.20. The van der Waals surface area contributed by atoms with Gasteiger partial charge in [-0.05, 0) is 12.1 Å². The van der Waals surface area contributed by atoms with E-state index in [0.717, 1.165) is 6.07 Å². The van der Waals surface area contributed by atoms with E-state index >= 15 is 0 Å². The van der Waals surface area contributed by atoms with Crippen LogP contribution in [0.3, 0.4) is 0 Å². The molecule has 0 aliphatic carbocycles. The Balaban J connectivity index is 2.29. The molecule has 1 aliphatic heterocycles. The summed E-state index contributed by atoms with van der Waals surface area (Å²) in [6, 6.07) is 12.1. The molecule has 2 aromatic rings. The Morgan fingerprint density at radius 1 is 1.04 bits per heavy atom. The van der Waals surface area contributed by atoms with Gasteiger partial charge in [-0.2, -0.15) is 18.6 Å². The average molecular weight is 340 g/mol. The number of nitrogens with zero attached hydrogens (tertiary/aromatic N) is 2. The molecule has 0 radical (unpaired) electrons. The molecule has 0 amide bonds. The highest BCUT2D eigenvalue weighted by molar-refractivity contribution is 6.31. The third kappa shape index (κ3) is 2.68.